The second-order valence-corrected chi connectivity index (χ2v) is 7.94. The zero-order valence-electron chi connectivity index (χ0n) is 12.4. The number of benzene rings is 2. The quantitative estimate of drug-likeness (QED) is 0.889. The van der Waals surface area contributed by atoms with Crippen molar-refractivity contribution in [3.05, 3.63) is 60.2 Å². The molecule has 0 radical (unpaired) electrons. The van der Waals surface area contributed by atoms with Crippen LogP contribution >= 0.6 is 11.8 Å². The third kappa shape index (κ3) is 2.75. The Hall–Kier alpha value is -1.45. The number of thioether (sulfide) groups is 1. The number of hydrogen-bond donors (Lipinski definition) is 1. The molecule has 2 aromatic rings. The first-order chi connectivity index (χ1) is 10.7. The van der Waals surface area contributed by atoms with Crippen molar-refractivity contribution in [1.29, 1.82) is 0 Å². The summed E-state index contributed by atoms with van der Waals surface area (Å²) in [5, 5.41) is 12.3. The van der Waals surface area contributed by atoms with Crippen molar-refractivity contribution in [3.8, 4) is 11.5 Å². The third-order valence-corrected chi connectivity index (χ3v) is 6.27. The van der Waals surface area contributed by atoms with Gasteiger partial charge < -0.3 is 9.84 Å². The van der Waals surface area contributed by atoms with Crippen LogP contribution in [0.2, 0.25) is 0 Å². The molecule has 0 amide bonds. The number of para-hydroxylation sites is 1. The summed E-state index contributed by atoms with van der Waals surface area (Å²) in [7, 11) is 0. The molecule has 2 bridgehead atoms. The molecule has 1 N–H and O–H groups in total. The molecule has 0 saturated carbocycles. The van der Waals surface area contributed by atoms with Crippen LogP contribution in [0.3, 0.4) is 0 Å². The first-order valence-corrected chi connectivity index (χ1v) is 8.87. The highest BCUT2D eigenvalue weighted by molar-refractivity contribution is 8.00. The van der Waals surface area contributed by atoms with Crippen molar-refractivity contribution in [2.24, 2.45) is 0 Å². The Balaban J connectivity index is 1.52. The van der Waals surface area contributed by atoms with Crippen LogP contribution in [0.5, 0.6) is 11.5 Å². The molecule has 2 aromatic carbocycles. The number of fused-ring (bicyclic) bond motifs is 2. The smallest absolute Gasteiger partial charge is 0.127 e. The Bertz CT molecular complexity index is 626. The summed E-state index contributed by atoms with van der Waals surface area (Å²) < 4.78 is 5.82. The fourth-order valence-electron chi connectivity index (χ4n) is 3.61. The molecule has 2 heterocycles. The molecule has 0 aliphatic carbocycles. The fourth-order valence-corrected chi connectivity index (χ4v) is 5.44. The monoisotopic (exact) mass is 312 g/mol. The van der Waals surface area contributed by atoms with E-state index >= 15 is 0 Å². The van der Waals surface area contributed by atoms with Crippen LogP contribution < -0.4 is 4.74 Å². The molecule has 2 atom stereocenters. The second kappa shape index (κ2) is 5.64. The Morgan fingerprint density at radius 2 is 1.45 bits per heavy atom. The maximum atomic E-state index is 11.0. The van der Waals surface area contributed by atoms with Crippen LogP contribution in [0.4, 0.5) is 0 Å². The highest BCUT2D eigenvalue weighted by atomic mass is 32.2. The molecule has 2 fully saturated rings. The number of ether oxygens (including phenoxy) is 1. The van der Waals surface area contributed by atoms with Crippen molar-refractivity contribution in [2.45, 2.75) is 41.8 Å². The summed E-state index contributed by atoms with van der Waals surface area (Å²) in [6.45, 7) is 0. The van der Waals surface area contributed by atoms with Crippen LogP contribution in [0.25, 0.3) is 0 Å². The summed E-state index contributed by atoms with van der Waals surface area (Å²) in [5.41, 5.74) is 0.382. The molecule has 2 saturated heterocycles. The van der Waals surface area contributed by atoms with Gasteiger partial charge in [-0.3, -0.25) is 0 Å². The summed E-state index contributed by atoms with van der Waals surface area (Å²) in [5.74, 6) is 1.65. The predicted octanol–water partition coefficient (Wildman–Crippen LogP) is 4.72. The van der Waals surface area contributed by atoms with Gasteiger partial charge in [-0.1, -0.05) is 30.3 Å². The average Bonchev–Trinajstić information content (AvgIpc) is 2.88. The lowest BCUT2D eigenvalue weighted by atomic mass is 9.86. The van der Waals surface area contributed by atoms with Gasteiger partial charge in [0, 0.05) is 10.5 Å². The van der Waals surface area contributed by atoms with Gasteiger partial charge in [-0.2, -0.15) is 11.8 Å². The fraction of sp³-hybridized carbons (Fsp3) is 0.368. The van der Waals surface area contributed by atoms with Gasteiger partial charge in [0.05, 0.1) is 5.60 Å². The predicted molar refractivity (Wildman–Crippen MR) is 90.5 cm³/mol. The minimum atomic E-state index is -0.650. The minimum Gasteiger partial charge on any atom is -0.457 e. The molecular weight excluding hydrogens is 292 g/mol. The summed E-state index contributed by atoms with van der Waals surface area (Å²) in [6, 6.07) is 17.7. The zero-order chi connectivity index (χ0) is 15.0. The van der Waals surface area contributed by atoms with Gasteiger partial charge in [0.25, 0.3) is 0 Å². The molecule has 2 nitrogen and oxygen atoms in total. The van der Waals surface area contributed by atoms with Crippen molar-refractivity contribution < 1.29 is 9.84 Å². The van der Waals surface area contributed by atoms with Crippen LogP contribution in [0.15, 0.2) is 54.6 Å². The highest BCUT2D eigenvalue weighted by Crippen LogP contribution is 2.51. The van der Waals surface area contributed by atoms with Crippen LogP contribution in [-0.4, -0.2) is 15.6 Å². The number of aliphatic hydroxyl groups is 1. The van der Waals surface area contributed by atoms with Gasteiger partial charge >= 0.3 is 0 Å². The molecular formula is C19H20O2S. The molecule has 3 heteroatoms. The zero-order valence-corrected chi connectivity index (χ0v) is 13.3. The van der Waals surface area contributed by atoms with Crippen LogP contribution in [-0.2, 0) is 5.60 Å². The first kappa shape index (κ1) is 14.2. The summed E-state index contributed by atoms with van der Waals surface area (Å²) in [6.07, 6.45) is 4.28. The maximum Gasteiger partial charge on any atom is 0.127 e. The Morgan fingerprint density at radius 1 is 0.864 bits per heavy atom. The Kier molecular flexibility index (Phi) is 3.63. The molecule has 22 heavy (non-hydrogen) atoms. The number of rotatable bonds is 3. The summed E-state index contributed by atoms with van der Waals surface area (Å²) in [4.78, 5) is 0. The van der Waals surface area contributed by atoms with Gasteiger partial charge in [0.15, 0.2) is 0 Å². The second-order valence-electron chi connectivity index (χ2n) is 6.34. The van der Waals surface area contributed by atoms with E-state index in [1.54, 1.807) is 0 Å². The molecule has 114 valence electrons. The van der Waals surface area contributed by atoms with E-state index in [0.29, 0.717) is 10.5 Å². The SMILES string of the molecule is OC1(c2ccc(Oc3ccccc3)cc2)CC2CCC(C1)S2. The van der Waals surface area contributed by atoms with E-state index in [1.165, 1.54) is 12.8 Å². The molecule has 0 aromatic heterocycles. The standard InChI is InChI=1S/C19H20O2S/c20-19(12-17-10-11-18(13-19)22-17)14-6-8-16(9-7-14)21-15-4-2-1-3-5-15/h1-9,17-18,20H,10-13H2. The number of hydrogen-bond acceptors (Lipinski definition) is 3. The highest BCUT2D eigenvalue weighted by Gasteiger charge is 2.44. The van der Waals surface area contributed by atoms with E-state index in [2.05, 4.69) is 11.8 Å². The molecule has 2 unspecified atom stereocenters. The third-order valence-electron chi connectivity index (χ3n) is 4.70. The van der Waals surface area contributed by atoms with Gasteiger partial charge in [0.2, 0.25) is 0 Å². The van der Waals surface area contributed by atoms with Gasteiger partial charge in [-0.25, -0.2) is 0 Å². The van der Waals surface area contributed by atoms with Crippen molar-refractivity contribution in [3.63, 3.8) is 0 Å². The van der Waals surface area contributed by atoms with Crippen LogP contribution in [0, 0.1) is 0 Å². The summed E-state index contributed by atoms with van der Waals surface area (Å²) >= 11 is 2.07. The van der Waals surface area contributed by atoms with Crippen molar-refractivity contribution in [1.82, 2.24) is 0 Å². The first-order valence-electron chi connectivity index (χ1n) is 7.93. The van der Waals surface area contributed by atoms with Gasteiger partial charge in [-0.15, -0.1) is 0 Å². The molecule has 2 aliphatic heterocycles. The molecule has 2 aliphatic rings. The van der Waals surface area contributed by atoms with E-state index in [0.717, 1.165) is 29.9 Å². The average molecular weight is 312 g/mol. The minimum absolute atomic E-state index is 0.629. The Labute approximate surface area is 135 Å². The van der Waals surface area contributed by atoms with E-state index in [4.69, 9.17) is 4.74 Å². The van der Waals surface area contributed by atoms with E-state index in [1.807, 2.05) is 54.6 Å². The normalized spacial score (nSPS) is 30.2. The molecule has 4 rings (SSSR count). The van der Waals surface area contributed by atoms with E-state index in [-0.39, 0.29) is 0 Å². The lowest BCUT2D eigenvalue weighted by molar-refractivity contribution is 0.0196. The topological polar surface area (TPSA) is 29.5 Å². The largest absolute Gasteiger partial charge is 0.457 e. The molecule has 0 spiro atoms. The Morgan fingerprint density at radius 3 is 2.09 bits per heavy atom. The lowest BCUT2D eigenvalue weighted by Crippen LogP contribution is -2.34. The van der Waals surface area contributed by atoms with Crippen LogP contribution in [0.1, 0.15) is 31.2 Å². The van der Waals surface area contributed by atoms with Gasteiger partial charge in [-0.05, 0) is 55.5 Å². The van der Waals surface area contributed by atoms with E-state index in [9.17, 15) is 5.11 Å². The lowest BCUT2D eigenvalue weighted by Gasteiger charge is -2.36. The maximum absolute atomic E-state index is 11.0. The van der Waals surface area contributed by atoms with E-state index < -0.39 is 5.60 Å². The van der Waals surface area contributed by atoms with Gasteiger partial charge in [0.1, 0.15) is 11.5 Å². The van der Waals surface area contributed by atoms with Crippen molar-refractivity contribution >= 4 is 11.8 Å². The van der Waals surface area contributed by atoms with Crippen molar-refractivity contribution in [2.75, 3.05) is 0 Å².